The molecule has 0 amide bonds. The van der Waals surface area contributed by atoms with Crippen molar-refractivity contribution in [1.82, 2.24) is 9.80 Å². The third-order valence-corrected chi connectivity index (χ3v) is 9.48. The molecular weight excluding hydrogens is 588 g/mol. The zero-order valence-corrected chi connectivity index (χ0v) is 33.8. The molecule has 0 heterocycles. The van der Waals surface area contributed by atoms with Gasteiger partial charge in [-0.3, -0.25) is 0 Å². The molecule has 4 nitrogen and oxygen atoms in total. The molecule has 0 rings (SSSR count). The highest BCUT2D eigenvalue weighted by Crippen LogP contribution is 2.14. The van der Waals surface area contributed by atoms with Crippen LogP contribution in [-0.4, -0.2) is 76.5 Å². The van der Waals surface area contributed by atoms with Crippen LogP contribution in [0, 0.1) is 0 Å². The quantitative estimate of drug-likeness (QED) is 0.0478. The summed E-state index contributed by atoms with van der Waals surface area (Å²) in [4.78, 5) is 4.51. The molecule has 0 fully saturated rings. The van der Waals surface area contributed by atoms with Crippen molar-refractivity contribution >= 4 is 0 Å². The molecule has 0 N–H and O–H groups in total. The van der Waals surface area contributed by atoms with Crippen molar-refractivity contribution in [3.8, 4) is 0 Å². The fourth-order valence-corrected chi connectivity index (χ4v) is 6.44. The van der Waals surface area contributed by atoms with Crippen LogP contribution in [0.3, 0.4) is 0 Å². The van der Waals surface area contributed by atoms with E-state index in [9.17, 15) is 0 Å². The number of likely N-dealkylation sites (N-methyl/N-ethyl adjacent to an activating group) is 2. The van der Waals surface area contributed by atoms with E-state index in [1.807, 2.05) is 0 Å². The first-order chi connectivity index (χ1) is 23.5. The summed E-state index contributed by atoms with van der Waals surface area (Å²) in [6, 6.07) is 0. The Labute approximate surface area is 303 Å². The number of nitrogens with zero attached hydrogens (tertiary/aromatic N) is 2. The Balaban J connectivity index is 3.98. The molecule has 0 aromatic heterocycles. The molecule has 0 aromatic rings. The molecule has 0 aliphatic carbocycles. The van der Waals surface area contributed by atoms with Crippen LogP contribution in [0.1, 0.15) is 194 Å². The molecule has 0 aromatic carbocycles. The Morgan fingerprint density at radius 2 is 0.604 bits per heavy atom. The van der Waals surface area contributed by atoms with Gasteiger partial charge in [0.05, 0.1) is 12.2 Å². The summed E-state index contributed by atoms with van der Waals surface area (Å²) in [5, 5.41) is 0. The van der Waals surface area contributed by atoms with Crippen LogP contribution in [-0.2, 0) is 9.47 Å². The van der Waals surface area contributed by atoms with Crippen LogP contribution in [0.15, 0.2) is 24.3 Å². The summed E-state index contributed by atoms with van der Waals surface area (Å²) in [6.45, 7) is 8.11. The normalized spacial score (nSPS) is 13.6. The van der Waals surface area contributed by atoms with Gasteiger partial charge in [0.2, 0.25) is 0 Å². The van der Waals surface area contributed by atoms with Gasteiger partial charge in [-0.05, 0) is 92.4 Å². The van der Waals surface area contributed by atoms with Gasteiger partial charge in [0.25, 0.3) is 0 Å². The lowest BCUT2D eigenvalue weighted by Crippen LogP contribution is -2.45. The van der Waals surface area contributed by atoms with Gasteiger partial charge in [0, 0.05) is 26.3 Å². The molecular formula is C44H88N2O2. The fourth-order valence-electron chi connectivity index (χ4n) is 6.44. The topological polar surface area (TPSA) is 24.9 Å². The van der Waals surface area contributed by atoms with Crippen molar-refractivity contribution < 1.29 is 9.47 Å². The fraction of sp³-hybridized carbons (Fsp3) is 0.909. The minimum absolute atomic E-state index is 0.125. The number of unbranched alkanes of at least 4 members (excludes halogenated alkanes) is 24. The lowest BCUT2D eigenvalue weighted by Gasteiger charge is -2.31. The van der Waals surface area contributed by atoms with Gasteiger partial charge in [-0.15, -0.1) is 0 Å². The molecule has 2 unspecified atom stereocenters. The largest absolute Gasteiger partial charge is 0.374 e. The molecule has 0 spiro atoms. The average Bonchev–Trinajstić information content (AvgIpc) is 3.06. The maximum Gasteiger partial charge on any atom is 0.0975 e. The zero-order valence-electron chi connectivity index (χ0n) is 33.8. The summed E-state index contributed by atoms with van der Waals surface area (Å²) in [5.41, 5.74) is 0. The van der Waals surface area contributed by atoms with E-state index in [1.54, 1.807) is 0 Å². The molecule has 0 radical (unpaired) electrons. The predicted octanol–water partition coefficient (Wildman–Crippen LogP) is 13.0. The number of ether oxygens (including phenoxy) is 2. The maximum atomic E-state index is 6.51. The van der Waals surface area contributed by atoms with E-state index >= 15 is 0 Å². The summed E-state index contributed by atoms with van der Waals surface area (Å²) in [7, 11) is 8.60. The molecule has 4 heteroatoms. The zero-order chi connectivity index (χ0) is 35.2. The van der Waals surface area contributed by atoms with E-state index in [1.165, 1.54) is 167 Å². The van der Waals surface area contributed by atoms with E-state index in [0.717, 1.165) is 39.1 Å². The summed E-state index contributed by atoms with van der Waals surface area (Å²) in [5.74, 6) is 0. The highest BCUT2D eigenvalue weighted by molar-refractivity contribution is 4.82. The summed E-state index contributed by atoms with van der Waals surface area (Å²) >= 11 is 0. The summed E-state index contributed by atoms with van der Waals surface area (Å²) < 4.78 is 13.0. The third kappa shape index (κ3) is 36.6. The number of rotatable bonds is 39. The molecule has 0 saturated carbocycles. The first kappa shape index (κ1) is 47.3. The van der Waals surface area contributed by atoms with Crippen molar-refractivity contribution in [3.63, 3.8) is 0 Å². The number of allylic oxidation sites excluding steroid dienone is 4. The van der Waals surface area contributed by atoms with E-state index in [2.05, 4.69) is 76.1 Å². The van der Waals surface area contributed by atoms with Gasteiger partial charge in [-0.2, -0.15) is 0 Å². The minimum atomic E-state index is 0.125. The van der Waals surface area contributed by atoms with Crippen molar-refractivity contribution in [2.75, 3.05) is 54.5 Å². The van der Waals surface area contributed by atoms with Crippen molar-refractivity contribution in [1.29, 1.82) is 0 Å². The molecule has 286 valence electrons. The highest BCUT2D eigenvalue weighted by atomic mass is 16.5. The van der Waals surface area contributed by atoms with Crippen molar-refractivity contribution in [2.24, 2.45) is 0 Å². The minimum Gasteiger partial charge on any atom is -0.374 e. The second kappa shape index (κ2) is 39.1. The lowest BCUT2D eigenvalue weighted by molar-refractivity contribution is -0.0889. The average molecular weight is 677 g/mol. The number of hydrogen-bond donors (Lipinski definition) is 0. The molecule has 0 saturated heterocycles. The van der Waals surface area contributed by atoms with Crippen LogP contribution in [0.5, 0.6) is 0 Å². The van der Waals surface area contributed by atoms with E-state index in [4.69, 9.17) is 9.47 Å². The maximum absolute atomic E-state index is 6.51. The SMILES string of the molecule is CCCCCCCC/C=C\CCCCCCCCOC(CN(C)C)C(CN(C)C)OCCCCCCCC/C=C\CCCCCCCC. The first-order valence-corrected chi connectivity index (χ1v) is 21.3. The van der Waals surface area contributed by atoms with Crippen LogP contribution in [0.4, 0.5) is 0 Å². The van der Waals surface area contributed by atoms with E-state index < -0.39 is 0 Å². The second-order valence-electron chi connectivity index (χ2n) is 15.2. The van der Waals surface area contributed by atoms with Gasteiger partial charge in [-0.25, -0.2) is 0 Å². The van der Waals surface area contributed by atoms with Gasteiger partial charge in [-0.1, -0.05) is 154 Å². The molecule has 48 heavy (non-hydrogen) atoms. The van der Waals surface area contributed by atoms with E-state index in [-0.39, 0.29) is 12.2 Å². The van der Waals surface area contributed by atoms with Crippen molar-refractivity contribution in [2.45, 2.75) is 206 Å². The van der Waals surface area contributed by atoms with Crippen LogP contribution < -0.4 is 0 Å². The Morgan fingerprint density at radius 3 is 0.875 bits per heavy atom. The van der Waals surface area contributed by atoms with Gasteiger partial charge >= 0.3 is 0 Å². The van der Waals surface area contributed by atoms with Crippen molar-refractivity contribution in [3.05, 3.63) is 24.3 Å². The molecule has 0 aliphatic rings. The monoisotopic (exact) mass is 677 g/mol. The van der Waals surface area contributed by atoms with E-state index in [0.29, 0.717) is 0 Å². The lowest BCUT2D eigenvalue weighted by atomic mass is 10.1. The Hall–Kier alpha value is -0.680. The third-order valence-electron chi connectivity index (χ3n) is 9.48. The first-order valence-electron chi connectivity index (χ1n) is 21.3. The summed E-state index contributed by atoms with van der Waals surface area (Å²) in [6.07, 6.45) is 47.4. The van der Waals surface area contributed by atoms with Crippen LogP contribution in [0.2, 0.25) is 0 Å². The Bertz CT molecular complexity index is 606. The molecule has 2 atom stereocenters. The Kier molecular flexibility index (Phi) is 38.6. The van der Waals surface area contributed by atoms with Gasteiger partial charge < -0.3 is 19.3 Å². The van der Waals surface area contributed by atoms with Gasteiger partial charge in [0.15, 0.2) is 0 Å². The molecule has 0 bridgehead atoms. The van der Waals surface area contributed by atoms with Gasteiger partial charge in [0.1, 0.15) is 0 Å². The number of hydrogen-bond acceptors (Lipinski definition) is 4. The standard InChI is InChI=1S/C44H88N2O2/c1-7-9-11-13-15-17-19-21-23-25-27-29-31-33-35-37-39-47-43(41-45(3)4)44(42-46(5)6)48-40-38-36-34-32-30-28-26-24-22-20-18-16-14-12-10-8-2/h21-24,43-44H,7-20,25-42H2,1-6H3/b23-21-,24-22-. The van der Waals surface area contributed by atoms with Crippen LogP contribution >= 0.6 is 0 Å². The molecule has 0 aliphatic heterocycles. The predicted molar refractivity (Wildman–Crippen MR) is 215 cm³/mol. The second-order valence-corrected chi connectivity index (χ2v) is 15.2. The highest BCUT2D eigenvalue weighted by Gasteiger charge is 2.24. The smallest absolute Gasteiger partial charge is 0.0975 e. The Morgan fingerprint density at radius 1 is 0.354 bits per heavy atom. The van der Waals surface area contributed by atoms with Crippen LogP contribution in [0.25, 0.3) is 0 Å².